The molecule has 13 rings (SSSR count). The summed E-state index contributed by atoms with van der Waals surface area (Å²) < 4.78 is 0. The second-order valence-electron chi connectivity index (χ2n) is 17.6. The smallest absolute Gasteiger partial charge is 0.252 e. The lowest BCUT2D eigenvalue weighted by atomic mass is 9.59. The van der Waals surface area contributed by atoms with Gasteiger partial charge in [0.15, 0.2) is 0 Å². The van der Waals surface area contributed by atoms with Crippen molar-refractivity contribution in [3.63, 3.8) is 0 Å². The van der Waals surface area contributed by atoms with Crippen LogP contribution in [0.2, 0.25) is 0 Å². The van der Waals surface area contributed by atoms with Crippen molar-refractivity contribution >= 4 is 81.0 Å². The van der Waals surface area contributed by atoms with E-state index in [1.807, 2.05) is 48.5 Å². The Hall–Kier alpha value is -7.48. The van der Waals surface area contributed by atoms with Crippen LogP contribution < -0.4 is 42.5 Å². The zero-order valence-electron chi connectivity index (χ0n) is 37.1. The van der Waals surface area contributed by atoms with E-state index in [0.29, 0.717) is 11.1 Å². The fourth-order valence-corrected chi connectivity index (χ4v) is 15.9. The predicted octanol–water partition coefficient (Wildman–Crippen LogP) is 10.7. The van der Waals surface area contributed by atoms with Gasteiger partial charge in [-0.25, -0.2) is 0 Å². The van der Waals surface area contributed by atoms with Crippen molar-refractivity contribution in [1.29, 1.82) is 0 Å². The molecule has 3 aliphatic rings. The molecule has 4 nitrogen and oxygen atoms in total. The van der Waals surface area contributed by atoms with Gasteiger partial charge in [-0.05, 0) is 91.5 Å². The number of nitrogens with one attached hydrogen (secondary N) is 2. The van der Waals surface area contributed by atoms with Crippen molar-refractivity contribution in [3.05, 3.63) is 276 Å². The number of hydrogen-bond donors (Lipinski definition) is 2. The standard InChI is InChI=1S/C62H46N2O2P2/c65-61(57-47-31-15-13-21-41(47)37-39-53(57)67(43-23-5-1-6-24-43)44-25-7-2-8-26-44)63-59-55-49-33-17-19-35-51(49)56(52-36-20-18-34-50(52)55)60(59)64-62(66)58-48-32-16-14-22-42(48)38-40-54(58)68(45-27-9-3-10-28-45)46-29-11-4-12-30-46/h1-40,55-56,59-60H,(H,63,65)(H,64,66)/t55?,56?,59-,60-/m1/s1. The zero-order valence-corrected chi connectivity index (χ0v) is 38.9. The molecule has 0 saturated carbocycles. The molecule has 0 aromatic heterocycles. The predicted molar refractivity (Wildman–Crippen MR) is 284 cm³/mol. The van der Waals surface area contributed by atoms with Gasteiger partial charge < -0.3 is 10.6 Å². The number of carbonyl (C=O) groups is 2. The minimum atomic E-state index is -1.14. The first kappa shape index (κ1) is 41.9. The summed E-state index contributed by atoms with van der Waals surface area (Å²) in [7, 11) is -2.27. The molecule has 0 radical (unpaired) electrons. The molecule has 2 N–H and O–H groups in total. The average molecular weight is 913 g/mol. The van der Waals surface area contributed by atoms with Crippen LogP contribution in [0.4, 0.5) is 0 Å². The van der Waals surface area contributed by atoms with Crippen molar-refractivity contribution in [2.45, 2.75) is 23.9 Å². The van der Waals surface area contributed by atoms with Crippen molar-refractivity contribution in [1.82, 2.24) is 10.6 Å². The lowest BCUT2D eigenvalue weighted by Gasteiger charge is -2.51. The van der Waals surface area contributed by atoms with Gasteiger partial charge >= 0.3 is 0 Å². The Kier molecular flexibility index (Phi) is 11.1. The van der Waals surface area contributed by atoms with Gasteiger partial charge in [0.25, 0.3) is 11.8 Å². The summed E-state index contributed by atoms with van der Waals surface area (Å²) in [5, 5.41) is 17.9. The zero-order chi connectivity index (χ0) is 45.6. The molecule has 0 spiro atoms. The number of fused-ring (bicyclic) bond motifs is 3. The lowest BCUT2D eigenvalue weighted by molar-refractivity contribution is 0.0861. The Bertz CT molecular complexity index is 3130. The van der Waals surface area contributed by atoms with Gasteiger partial charge in [-0.3, -0.25) is 9.59 Å². The van der Waals surface area contributed by atoms with E-state index in [0.717, 1.165) is 32.2 Å². The van der Waals surface area contributed by atoms with Crippen LogP contribution in [0.5, 0.6) is 0 Å². The number of amides is 2. The van der Waals surface area contributed by atoms with Crippen LogP contribution in [0, 0.1) is 0 Å². The van der Waals surface area contributed by atoms with Gasteiger partial charge in [-0.15, -0.1) is 0 Å². The molecule has 10 aromatic rings. The molecule has 2 bridgehead atoms. The summed E-state index contributed by atoms with van der Waals surface area (Å²) in [6, 6.07) is 83.6. The van der Waals surface area contributed by atoms with E-state index < -0.39 is 27.9 Å². The number of carbonyl (C=O) groups excluding carboxylic acids is 2. The highest BCUT2D eigenvalue weighted by atomic mass is 31.1. The summed E-state index contributed by atoms with van der Waals surface area (Å²) in [6.45, 7) is 0. The van der Waals surface area contributed by atoms with Crippen LogP contribution in [0.15, 0.2) is 243 Å². The summed E-state index contributed by atoms with van der Waals surface area (Å²) in [4.78, 5) is 31.9. The Balaban J connectivity index is 1.03. The van der Waals surface area contributed by atoms with Crippen LogP contribution in [0.25, 0.3) is 21.5 Å². The van der Waals surface area contributed by atoms with Gasteiger partial charge in [-0.2, -0.15) is 0 Å². The molecular weight excluding hydrogens is 867 g/mol. The molecule has 68 heavy (non-hydrogen) atoms. The van der Waals surface area contributed by atoms with E-state index in [9.17, 15) is 0 Å². The van der Waals surface area contributed by atoms with E-state index in [2.05, 4.69) is 205 Å². The SMILES string of the molecule is O=C(N[C@@H]1C2c3ccccc3C(c3ccccc32)[C@H]1NC(=O)c1c(P(c2ccccc2)c2ccccc2)ccc2ccccc12)c1c(P(c2ccccc2)c2ccccc2)ccc2ccccc12. The molecule has 3 aliphatic carbocycles. The van der Waals surface area contributed by atoms with Gasteiger partial charge in [-0.1, -0.05) is 243 Å². The van der Waals surface area contributed by atoms with Crippen molar-refractivity contribution in [2.75, 3.05) is 0 Å². The van der Waals surface area contributed by atoms with E-state index in [1.54, 1.807) is 0 Å². The molecule has 10 aromatic carbocycles. The molecule has 0 saturated heterocycles. The largest absolute Gasteiger partial charge is 0.346 e. The Morgan fingerprint density at radius 1 is 0.309 bits per heavy atom. The van der Waals surface area contributed by atoms with Crippen molar-refractivity contribution < 1.29 is 9.59 Å². The van der Waals surface area contributed by atoms with Crippen LogP contribution in [0.3, 0.4) is 0 Å². The van der Waals surface area contributed by atoms with Crippen LogP contribution >= 0.6 is 15.8 Å². The normalized spacial score (nSPS) is 16.9. The molecule has 0 aliphatic heterocycles. The number of rotatable bonds is 10. The topological polar surface area (TPSA) is 58.2 Å². The van der Waals surface area contributed by atoms with E-state index in [4.69, 9.17) is 0 Å². The minimum Gasteiger partial charge on any atom is -0.346 e. The first-order chi connectivity index (χ1) is 33.6. The van der Waals surface area contributed by atoms with Gasteiger partial charge in [0, 0.05) is 11.8 Å². The summed E-state index contributed by atoms with van der Waals surface area (Å²) in [6.07, 6.45) is 0. The molecule has 2 atom stereocenters. The summed E-state index contributed by atoms with van der Waals surface area (Å²) in [5.41, 5.74) is 6.07. The second kappa shape index (κ2) is 18.0. The van der Waals surface area contributed by atoms with Gasteiger partial charge in [0.1, 0.15) is 0 Å². The average Bonchev–Trinajstić information content (AvgIpc) is 3.40. The van der Waals surface area contributed by atoms with Crippen LogP contribution in [0.1, 0.15) is 54.8 Å². The minimum absolute atomic E-state index is 0.148. The number of benzene rings is 10. The maximum absolute atomic E-state index is 15.9. The Morgan fingerprint density at radius 3 is 0.912 bits per heavy atom. The van der Waals surface area contributed by atoms with Gasteiger partial charge in [0.05, 0.1) is 23.2 Å². The molecule has 2 amide bonds. The second-order valence-corrected chi connectivity index (χ2v) is 22.0. The van der Waals surface area contributed by atoms with Gasteiger partial charge in [0.2, 0.25) is 0 Å². The quantitative estimate of drug-likeness (QED) is 0.134. The Labute approximate surface area is 399 Å². The van der Waals surface area contributed by atoms with E-state index >= 15 is 9.59 Å². The highest BCUT2D eigenvalue weighted by molar-refractivity contribution is 7.80. The molecule has 0 heterocycles. The Morgan fingerprint density at radius 2 is 0.588 bits per heavy atom. The third-order valence-electron chi connectivity index (χ3n) is 13.8. The maximum atomic E-state index is 15.9. The molecular formula is C62H46N2O2P2. The van der Waals surface area contributed by atoms with E-state index in [-0.39, 0.29) is 23.7 Å². The molecule has 6 heteroatoms. The lowest BCUT2D eigenvalue weighted by Crippen LogP contribution is -2.62. The fourth-order valence-electron chi connectivity index (χ4n) is 11.0. The highest BCUT2D eigenvalue weighted by Gasteiger charge is 2.51. The monoisotopic (exact) mass is 912 g/mol. The molecule has 0 unspecified atom stereocenters. The summed E-state index contributed by atoms with van der Waals surface area (Å²) >= 11 is 0. The van der Waals surface area contributed by atoms with Crippen LogP contribution in [-0.4, -0.2) is 23.9 Å². The third kappa shape index (κ3) is 7.33. The van der Waals surface area contributed by atoms with Crippen LogP contribution in [-0.2, 0) is 0 Å². The molecule has 326 valence electrons. The fraction of sp³-hybridized carbons (Fsp3) is 0.0645. The first-order valence-electron chi connectivity index (χ1n) is 23.3. The highest BCUT2D eigenvalue weighted by Crippen LogP contribution is 2.53. The van der Waals surface area contributed by atoms with Crippen molar-refractivity contribution in [3.8, 4) is 0 Å². The first-order valence-corrected chi connectivity index (χ1v) is 25.9. The summed E-state index contributed by atoms with van der Waals surface area (Å²) in [5.74, 6) is -0.735. The molecule has 0 fully saturated rings. The van der Waals surface area contributed by atoms with Crippen molar-refractivity contribution in [2.24, 2.45) is 0 Å². The van der Waals surface area contributed by atoms with E-state index in [1.165, 1.54) is 43.5 Å². The number of hydrogen-bond acceptors (Lipinski definition) is 2. The third-order valence-corrected chi connectivity index (χ3v) is 18.8. The maximum Gasteiger partial charge on any atom is 0.252 e.